The van der Waals surface area contributed by atoms with Crippen molar-refractivity contribution in [3.8, 4) is 0 Å². The Morgan fingerprint density at radius 3 is 2.18 bits per heavy atom. The number of imidazole rings is 1. The molecule has 1 heterocycles. The van der Waals surface area contributed by atoms with Crippen LogP contribution in [0.3, 0.4) is 0 Å². The van der Waals surface area contributed by atoms with E-state index in [2.05, 4.69) is 48.5 Å². The lowest BCUT2D eigenvalue weighted by molar-refractivity contribution is -0.305. The summed E-state index contributed by atoms with van der Waals surface area (Å²) in [6.07, 6.45) is 3.45. The third-order valence-electron chi connectivity index (χ3n) is 2.79. The molecule has 1 rings (SSSR count). The van der Waals surface area contributed by atoms with Crippen molar-refractivity contribution in [3.63, 3.8) is 0 Å². The zero-order valence-electron chi connectivity index (χ0n) is 11.4. The van der Waals surface area contributed by atoms with Crippen LogP contribution in [0.25, 0.3) is 0 Å². The first-order valence-corrected chi connectivity index (χ1v) is 12.8. The van der Waals surface area contributed by atoms with Crippen LogP contribution in [0.15, 0.2) is 12.5 Å². The van der Waals surface area contributed by atoms with Crippen LogP contribution in [0.4, 0.5) is 0 Å². The molecular formula is C11H21N2O2Si2-. The fraction of sp³-hybridized carbons (Fsp3) is 0.636. The molecule has 0 aliphatic heterocycles. The second-order valence-corrected chi connectivity index (χ2v) is 16.6. The van der Waals surface area contributed by atoms with Gasteiger partial charge in [-0.25, -0.2) is 4.98 Å². The Hall–Kier alpha value is -0.886. The van der Waals surface area contributed by atoms with E-state index in [1.165, 1.54) is 0 Å². The number of aliphatic carboxylic acids is 1. The van der Waals surface area contributed by atoms with E-state index < -0.39 is 27.8 Å². The number of carbonyl (C=O) groups is 1. The first-order valence-electron chi connectivity index (χ1n) is 5.78. The molecule has 4 nitrogen and oxygen atoms in total. The molecular weight excluding hydrogens is 248 g/mol. The number of carboxylic acid groups (broad SMARTS) is 1. The maximum Gasteiger partial charge on any atom is 0.154 e. The summed E-state index contributed by atoms with van der Waals surface area (Å²) in [6.45, 7) is 12.7. The third-order valence-corrected chi connectivity index (χ3v) is 6.87. The van der Waals surface area contributed by atoms with Crippen LogP contribution < -0.4 is 5.11 Å². The van der Waals surface area contributed by atoms with Gasteiger partial charge in [-0.3, -0.25) is 0 Å². The number of hydrogen-bond acceptors (Lipinski definition) is 3. The standard InChI is InChI=1S/C11H22N2O2Si2/c1-16(2,3)10(11(14)15)9-7-12-8-13(9)17(4,5)6/h7-8,10H,1-6H3,(H,14,15)/p-1. The number of carboxylic acids is 1. The Kier molecular flexibility index (Phi) is 3.68. The van der Waals surface area contributed by atoms with E-state index in [4.69, 9.17) is 0 Å². The molecule has 6 heteroatoms. The average molecular weight is 269 g/mol. The lowest BCUT2D eigenvalue weighted by Crippen LogP contribution is -2.46. The Morgan fingerprint density at radius 2 is 1.82 bits per heavy atom. The average Bonchev–Trinajstić information content (AvgIpc) is 2.47. The summed E-state index contributed by atoms with van der Waals surface area (Å²) >= 11 is 0. The van der Waals surface area contributed by atoms with Gasteiger partial charge in [-0.05, 0) is 0 Å². The van der Waals surface area contributed by atoms with Crippen molar-refractivity contribution in [2.75, 3.05) is 0 Å². The largest absolute Gasteiger partial charge is 0.550 e. The Morgan fingerprint density at radius 1 is 1.29 bits per heavy atom. The third kappa shape index (κ3) is 3.07. The van der Waals surface area contributed by atoms with Gasteiger partial charge in [0, 0.05) is 23.4 Å². The van der Waals surface area contributed by atoms with E-state index in [-0.39, 0.29) is 0 Å². The maximum atomic E-state index is 11.4. The van der Waals surface area contributed by atoms with Crippen molar-refractivity contribution >= 4 is 22.3 Å². The summed E-state index contributed by atoms with van der Waals surface area (Å²) in [5, 5.41) is 11.4. The van der Waals surface area contributed by atoms with Gasteiger partial charge >= 0.3 is 0 Å². The molecule has 1 unspecified atom stereocenters. The second kappa shape index (κ2) is 4.41. The van der Waals surface area contributed by atoms with Crippen molar-refractivity contribution in [1.82, 2.24) is 9.22 Å². The van der Waals surface area contributed by atoms with Crippen molar-refractivity contribution in [2.24, 2.45) is 0 Å². The highest BCUT2D eigenvalue weighted by Gasteiger charge is 2.33. The maximum absolute atomic E-state index is 11.4. The van der Waals surface area contributed by atoms with Gasteiger partial charge in [0.15, 0.2) is 8.24 Å². The summed E-state index contributed by atoms with van der Waals surface area (Å²) in [5.74, 6) is -0.968. The van der Waals surface area contributed by atoms with E-state index in [0.717, 1.165) is 5.69 Å². The Labute approximate surface area is 105 Å². The van der Waals surface area contributed by atoms with E-state index in [1.807, 2.05) is 0 Å². The summed E-state index contributed by atoms with van der Waals surface area (Å²) in [5.41, 5.74) is 0.333. The van der Waals surface area contributed by atoms with Gasteiger partial charge < -0.3 is 14.1 Å². The van der Waals surface area contributed by atoms with Crippen LogP contribution >= 0.6 is 0 Å². The highest BCUT2D eigenvalue weighted by atomic mass is 28.3. The topological polar surface area (TPSA) is 57.9 Å². The first-order chi connectivity index (χ1) is 7.55. The minimum Gasteiger partial charge on any atom is -0.550 e. The SMILES string of the molecule is C[Si](C)(C)C(C(=O)[O-])c1cncn1[Si](C)(C)C. The van der Waals surface area contributed by atoms with Crippen molar-refractivity contribution in [1.29, 1.82) is 0 Å². The molecule has 0 N–H and O–H groups in total. The number of nitrogens with zero attached hydrogens (tertiary/aromatic N) is 2. The molecule has 0 spiro atoms. The van der Waals surface area contributed by atoms with Gasteiger partial charge in [-0.15, -0.1) is 0 Å². The summed E-state index contributed by atoms with van der Waals surface area (Å²) in [4.78, 5) is 15.6. The lowest BCUT2D eigenvalue weighted by Gasteiger charge is -2.33. The van der Waals surface area contributed by atoms with Gasteiger partial charge in [-0.1, -0.05) is 39.3 Å². The van der Waals surface area contributed by atoms with Crippen LogP contribution in [0.5, 0.6) is 0 Å². The predicted molar refractivity (Wildman–Crippen MR) is 72.1 cm³/mol. The summed E-state index contributed by atoms with van der Waals surface area (Å²) < 4.78 is 2.08. The Bertz CT molecular complexity index is 416. The van der Waals surface area contributed by atoms with Crippen LogP contribution in [0.2, 0.25) is 39.3 Å². The molecule has 0 fully saturated rings. The zero-order chi connectivity index (χ0) is 13.4. The van der Waals surface area contributed by atoms with Gasteiger partial charge in [0.05, 0.1) is 14.4 Å². The second-order valence-electron chi connectivity index (χ2n) is 6.48. The van der Waals surface area contributed by atoms with Crippen molar-refractivity contribution in [3.05, 3.63) is 18.2 Å². The smallest absolute Gasteiger partial charge is 0.154 e. The number of hydrogen-bond donors (Lipinski definition) is 0. The van der Waals surface area contributed by atoms with Gasteiger partial charge in [0.1, 0.15) is 0 Å². The molecule has 0 aliphatic carbocycles. The van der Waals surface area contributed by atoms with Crippen LogP contribution in [-0.4, -0.2) is 31.5 Å². The van der Waals surface area contributed by atoms with Crippen LogP contribution in [-0.2, 0) is 4.79 Å². The van der Waals surface area contributed by atoms with E-state index >= 15 is 0 Å². The molecule has 0 aromatic carbocycles. The number of carbonyl (C=O) groups excluding carboxylic acids is 1. The molecule has 0 saturated heterocycles. The zero-order valence-corrected chi connectivity index (χ0v) is 13.4. The number of aromatic nitrogens is 2. The highest BCUT2D eigenvalue weighted by molar-refractivity contribution is 6.80. The van der Waals surface area contributed by atoms with Crippen molar-refractivity contribution in [2.45, 2.75) is 44.8 Å². The van der Waals surface area contributed by atoms with Crippen LogP contribution in [0.1, 0.15) is 11.2 Å². The van der Waals surface area contributed by atoms with E-state index in [0.29, 0.717) is 0 Å². The van der Waals surface area contributed by atoms with Crippen LogP contribution in [0, 0.1) is 0 Å². The first kappa shape index (κ1) is 14.2. The molecule has 96 valence electrons. The molecule has 1 aromatic rings. The lowest BCUT2D eigenvalue weighted by atomic mass is 10.3. The molecule has 0 amide bonds. The van der Waals surface area contributed by atoms with E-state index in [9.17, 15) is 9.90 Å². The Balaban J connectivity index is 3.31. The fourth-order valence-corrected chi connectivity index (χ4v) is 5.31. The monoisotopic (exact) mass is 269 g/mol. The minimum atomic E-state index is -1.87. The summed E-state index contributed by atoms with van der Waals surface area (Å²) in [6, 6.07) is 0. The number of rotatable bonds is 4. The van der Waals surface area contributed by atoms with Gasteiger partial charge in [-0.2, -0.15) is 0 Å². The predicted octanol–water partition coefficient (Wildman–Crippen LogP) is 1.28. The van der Waals surface area contributed by atoms with Crippen molar-refractivity contribution < 1.29 is 9.90 Å². The fourth-order valence-electron chi connectivity index (χ4n) is 2.00. The summed E-state index contributed by atoms with van der Waals surface area (Å²) in [7, 11) is -3.49. The molecule has 17 heavy (non-hydrogen) atoms. The molecule has 1 atom stereocenters. The quantitative estimate of drug-likeness (QED) is 0.774. The molecule has 0 saturated carbocycles. The molecule has 0 aliphatic rings. The normalized spacial score (nSPS) is 14.7. The van der Waals surface area contributed by atoms with Gasteiger partial charge in [0.2, 0.25) is 0 Å². The molecule has 0 radical (unpaired) electrons. The highest BCUT2D eigenvalue weighted by Crippen LogP contribution is 2.28. The molecule has 1 aromatic heterocycles. The molecule has 0 bridgehead atoms. The van der Waals surface area contributed by atoms with E-state index in [1.54, 1.807) is 12.5 Å². The van der Waals surface area contributed by atoms with Gasteiger partial charge in [0.25, 0.3) is 0 Å². The minimum absolute atomic E-state index is 0.489.